The molecule has 1 saturated carbocycles. The first-order valence-electron chi connectivity index (χ1n) is 14.4. The molecule has 1 unspecified atom stereocenters. The van der Waals surface area contributed by atoms with Crippen molar-refractivity contribution in [2.45, 2.75) is 50.3 Å². The van der Waals surface area contributed by atoms with Gasteiger partial charge in [0.05, 0.1) is 12.1 Å². The molecule has 3 aromatic carbocycles. The molecule has 1 spiro atoms. The third-order valence-electron chi connectivity index (χ3n) is 9.09. The van der Waals surface area contributed by atoms with Crippen molar-refractivity contribution < 1.29 is 13.9 Å². The van der Waals surface area contributed by atoms with Crippen LogP contribution in [0.3, 0.4) is 0 Å². The lowest BCUT2D eigenvalue weighted by atomic mass is 9.68. The van der Waals surface area contributed by atoms with Crippen LogP contribution in [0.5, 0.6) is 0 Å². The van der Waals surface area contributed by atoms with Crippen molar-refractivity contribution in [3.63, 3.8) is 0 Å². The minimum Gasteiger partial charge on any atom is -0.367 e. The minimum atomic E-state index is -0.379. The van der Waals surface area contributed by atoms with Crippen molar-refractivity contribution in [2.24, 2.45) is 5.92 Å². The van der Waals surface area contributed by atoms with Crippen LogP contribution >= 0.6 is 0 Å². The van der Waals surface area contributed by atoms with Gasteiger partial charge in [-0.15, -0.1) is 0 Å². The maximum atomic E-state index is 13.8. The number of H-pyrrole nitrogens is 1. The Morgan fingerprint density at radius 3 is 2.45 bits per heavy atom. The number of para-hydroxylation sites is 1. The molecule has 2 aliphatic rings. The summed E-state index contributed by atoms with van der Waals surface area (Å²) in [7, 11) is 4.21. The van der Waals surface area contributed by atoms with Crippen molar-refractivity contribution in [1.29, 1.82) is 0 Å². The SMILES string of the molecule is CN(C)C(c1ccc(F)cc1)C1CCC2(CC1)c1[nH]c3ccccc3c1CCN2C(=O)COCc1ccccc1. The molecule has 1 N–H and O–H groups in total. The van der Waals surface area contributed by atoms with E-state index in [1.54, 1.807) is 12.1 Å². The lowest BCUT2D eigenvalue weighted by Gasteiger charge is -2.51. The number of halogens is 1. The predicted octanol–water partition coefficient (Wildman–Crippen LogP) is 6.60. The number of ether oxygens (including phenoxy) is 1. The normalized spacial score (nSPS) is 21.6. The second-order valence-electron chi connectivity index (χ2n) is 11.6. The number of rotatable bonds is 7. The second-order valence-corrected chi connectivity index (χ2v) is 11.6. The van der Waals surface area contributed by atoms with Crippen LogP contribution in [-0.2, 0) is 28.1 Å². The number of hydrogen-bond donors (Lipinski definition) is 1. The Morgan fingerprint density at radius 1 is 1.02 bits per heavy atom. The second kappa shape index (κ2) is 11.2. The zero-order valence-electron chi connectivity index (χ0n) is 23.4. The molecule has 208 valence electrons. The number of nitrogens with one attached hydrogen (secondary N) is 1. The van der Waals surface area contributed by atoms with Gasteiger partial charge in [0.1, 0.15) is 12.4 Å². The summed E-state index contributed by atoms with van der Waals surface area (Å²) >= 11 is 0. The van der Waals surface area contributed by atoms with Gasteiger partial charge in [-0.25, -0.2) is 4.39 Å². The zero-order valence-corrected chi connectivity index (χ0v) is 23.4. The summed E-state index contributed by atoms with van der Waals surface area (Å²) in [5.41, 5.74) is 5.53. The fourth-order valence-electron chi connectivity index (χ4n) is 7.31. The van der Waals surface area contributed by atoms with Crippen LogP contribution in [-0.4, -0.2) is 47.9 Å². The van der Waals surface area contributed by atoms with Gasteiger partial charge in [0.2, 0.25) is 5.91 Å². The molecule has 5 nitrogen and oxygen atoms in total. The Morgan fingerprint density at radius 2 is 1.73 bits per heavy atom. The summed E-state index contributed by atoms with van der Waals surface area (Å²) in [5.74, 6) is 0.259. The molecule has 1 aromatic heterocycles. The molecule has 0 saturated heterocycles. The third kappa shape index (κ3) is 4.95. The van der Waals surface area contributed by atoms with Crippen molar-refractivity contribution >= 4 is 16.8 Å². The summed E-state index contributed by atoms with van der Waals surface area (Å²) in [6, 6.07) is 25.7. The van der Waals surface area contributed by atoms with Crippen LogP contribution in [0, 0.1) is 11.7 Å². The topological polar surface area (TPSA) is 48.6 Å². The Hall–Kier alpha value is -3.48. The molecule has 6 rings (SSSR count). The Balaban J connectivity index is 1.28. The maximum Gasteiger partial charge on any atom is 0.249 e. The molecule has 6 heteroatoms. The van der Waals surface area contributed by atoms with Crippen LogP contribution < -0.4 is 0 Å². The van der Waals surface area contributed by atoms with E-state index in [2.05, 4.69) is 53.1 Å². The largest absolute Gasteiger partial charge is 0.367 e. The van der Waals surface area contributed by atoms with E-state index >= 15 is 0 Å². The first kappa shape index (κ1) is 26.7. The van der Waals surface area contributed by atoms with Gasteiger partial charge >= 0.3 is 0 Å². The number of nitrogens with zero attached hydrogens (tertiary/aromatic N) is 2. The van der Waals surface area contributed by atoms with Gasteiger partial charge in [-0.05, 0) is 87.0 Å². The highest BCUT2D eigenvalue weighted by Gasteiger charge is 2.49. The van der Waals surface area contributed by atoms with Crippen molar-refractivity contribution in [2.75, 3.05) is 27.2 Å². The van der Waals surface area contributed by atoms with Crippen molar-refractivity contribution in [3.8, 4) is 0 Å². The molecule has 0 radical (unpaired) electrons. The quantitative estimate of drug-likeness (QED) is 0.288. The van der Waals surface area contributed by atoms with E-state index in [-0.39, 0.29) is 29.9 Å². The molecule has 1 aliphatic heterocycles. The molecule has 1 fully saturated rings. The van der Waals surface area contributed by atoms with Crippen LogP contribution in [0.4, 0.5) is 4.39 Å². The number of benzene rings is 3. The smallest absolute Gasteiger partial charge is 0.249 e. The lowest BCUT2D eigenvalue weighted by Crippen LogP contribution is -2.56. The van der Waals surface area contributed by atoms with Crippen LogP contribution in [0.1, 0.15) is 54.1 Å². The van der Waals surface area contributed by atoms with E-state index in [0.717, 1.165) is 48.7 Å². The molecular formula is C34H38FN3O2. The fourth-order valence-corrected chi connectivity index (χ4v) is 7.31. The number of aromatic nitrogens is 1. The molecule has 40 heavy (non-hydrogen) atoms. The van der Waals surface area contributed by atoms with E-state index in [0.29, 0.717) is 19.1 Å². The standard InChI is InChI=1S/C34H38FN3O2/c1-37(2)32(25-12-14-27(35)15-13-25)26-16-19-34(20-17-26)33-29(28-10-6-7-11-30(28)36-33)18-21-38(34)31(39)23-40-22-24-8-4-3-5-9-24/h3-15,26,32,36H,16-23H2,1-2H3. The van der Waals surface area contributed by atoms with E-state index in [4.69, 9.17) is 4.74 Å². The summed E-state index contributed by atoms with van der Waals surface area (Å²) in [4.78, 5) is 21.9. The van der Waals surface area contributed by atoms with Gasteiger partial charge in [-0.2, -0.15) is 0 Å². The Bertz CT molecular complexity index is 1460. The van der Waals surface area contributed by atoms with Crippen molar-refractivity contribution in [1.82, 2.24) is 14.8 Å². The number of hydrogen-bond acceptors (Lipinski definition) is 3. The number of aromatic amines is 1. The number of carbonyl (C=O) groups excluding carboxylic acids is 1. The molecule has 0 bridgehead atoms. The van der Waals surface area contributed by atoms with Gasteiger partial charge in [-0.1, -0.05) is 60.7 Å². The van der Waals surface area contributed by atoms with Gasteiger partial charge < -0.3 is 19.5 Å². The summed E-state index contributed by atoms with van der Waals surface area (Å²) in [6.07, 6.45) is 4.55. The molecule has 1 amide bonds. The van der Waals surface area contributed by atoms with Crippen LogP contribution in [0.2, 0.25) is 0 Å². The zero-order chi connectivity index (χ0) is 27.7. The average molecular weight is 540 g/mol. The summed E-state index contributed by atoms with van der Waals surface area (Å²) in [5, 5.41) is 1.27. The molecule has 2 heterocycles. The molecule has 1 aliphatic carbocycles. The number of carbonyl (C=O) groups is 1. The third-order valence-corrected chi connectivity index (χ3v) is 9.09. The van der Waals surface area contributed by atoms with E-state index in [9.17, 15) is 9.18 Å². The molecular weight excluding hydrogens is 501 g/mol. The fraction of sp³-hybridized carbons (Fsp3) is 0.382. The highest BCUT2D eigenvalue weighted by molar-refractivity contribution is 5.87. The van der Waals surface area contributed by atoms with E-state index < -0.39 is 0 Å². The summed E-state index contributed by atoms with van der Waals surface area (Å²) in [6.45, 7) is 1.20. The first-order valence-corrected chi connectivity index (χ1v) is 14.4. The number of fused-ring (bicyclic) bond motifs is 4. The molecule has 4 aromatic rings. The van der Waals surface area contributed by atoms with Gasteiger partial charge in [0.25, 0.3) is 0 Å². The molecule has 1 atom stereocenters. The monoisotopic (exact) mass is 539 g/mol. The van der Waals surface area contributed by atoms with Gasteiger partial charge in [-0.3, -0.25) is 4.79 Å². The van der Waals surface area contributed by atoms with Crippen LogP contribution in [0.25, 0.3) is 10.9 Å². The van der Waals surface area contributed by atoms with Gasteiger partial charge in [0.15, 0.2) is 0 Å². The highest BCUT2D eigenvalue weighted by Crippen LogP contribution is 2.51. The van der Waals surface area contributed by atoms with E-state index in [1.165, 1.54) is 16.6 Å². The van der Waals surface area contributed by atoms with Gasteiger partial charge in [0, 0.05) is 29.2 Å². The Kier molecular flexibility index (Phi) is 7.47. The van der Waals surface area contributed by atoms with Crippen molar-refractivity contribution in [3.05, 3.63) is 107 Å². The lowest BCUT2D eigenvalue weighted by molar-refractivity contribution is -0.147. The van der Waals surface area contributed by atoms with E-state index in [1.807, 2.05) is 42.5 Å². The average Bonchev–Trinajstić information content (AvgIpc) is 3.36. The number of amides is 1. The van der Waals surface area contributed by atoms with Crippen LogP contribution in [0.15, 0.2) is 78.9 Å². The highest BCUT2D eigenvalue weighted by atomic mass is 19.1. The predicted molar refractivity (Wildman–Crippen MR) is 156 cm³/mol. The maximum absolute atomic E-state index is 13.8. The Labute approximate surface area is 235 Å². The minimum absolute atomic E-state index is 0.0568. The first-order chi connectivity index (χ1) is 19.5. The summed E-state index contributed by atoms with van der Waals surface area (Å²) < 4.78 is 19.6.